The third kappa shape index (κ3) is 3.72. The van der Waals surface area contributed by atoms with E-state index in [-0.39, 0.29) is 24.0 Å². The Morgan fingerprint density at radius 1 is 1.17 bits per heavy atom. The van der Waals surface area contributed by atoms with E-state index in [0.29, 0.717) is 30.2 Å². The maximum absolute atomic E-state index is 5.95. The molecule has 0 spiro atoms. The first-order valence-corrected chi connectivity index (χ1v) is 9.03. The summed E-state index contributed by atoms with van der Waals surface area (Å²) in [5, 5.41) is 7.26. The van der Waals surface area contributed by atoms with Gasteiger partial charge in [-0.15, -0.1) is 24.0 Å². The molecular weight excluding hydrogens is 413 g/mol. The number of rotatable bonds is 4. The van der Waals surface area contributed by atoms with E-state index in [2.05, 4.69) is 53.7 Å². The molecule has 132 valence electrons. The van der Waals surface area contributed by atoms with Crippen molar-refractivity contribution in [1.29, 1.82) is 0 Å². The van der Waals surface area contributed by atoms with Crippen molar-refractivity contribution in [3.63, 3.8) is 0 Å². The fourth-order valence-corrected chi connectivity index (χ4v) is 4.13. The molecule has 0 amide bonds. The van der Waals surface area contributed by atoms with Crippen LogP contribution < -0.4 is 10.6 Å². The van der Waals surface area contributed by atoms with Gasteiger partial charge in [0.25, 0.3) is 0 Å². The summed E-state index contributed by atoms with van der Waals surface area (Å²) in [6, 6.07) is 9.66. The molecule has 3 aliphatic rings. The van der Waals surface area contributed by atoms with Gasteiger partial charge in [-0.25, -0.2) is 0 Å². The van der Waals surface area contributed by atoms with Crippen molar-refractivity contribution in [1.82, 2.24) is 10.6 Å². The lowest BCUT2D eigenvalue weighted by atomic mass is 9.96. The second-order valence-corrected chi connectivity index (χ2v) is 7.13. The Morgan fingerprint density at radius 2 is 1.96 bits per heavy atom. The molecule has 2 N–H and O–H groups in total. The number of hydrogen-bond donors (Lipinski definition) is 2. The van der Waals surface area contributed by atoms with Gasteiger partial charge in [0.05, 0.1) is 18.2 Å². The summed E-state index contributed by atoms with van der Waals surface area (Å²) in [6.45, 7) is 5.10. The summed E-state index contributed by atoms with van der Waals surface area (Å²) in [5.74, 6) is 1.59. The summed E-state index contributed by atoms with van der Waals surface area (Å²) >= 11 is 0. The van der Waals surface area contributed by atoms with Gasteiger partial charge in [-0.2, -0.15) is 0 Å². The summed E-state index contributed by atoms with van der Waals surface area (Å²) in [4.78, 5) is 4.64. The highest BCUT2D eigenvalue weighted by molar-refractivity contribution is 14.0. The lowest BCUT2D eigenvalue weighted by Gasteiger charge is -2.23. The van der Waals surface area contributed by atoms with E-state index < -0.39 is 0 Å². The molecule has 1 saturated carbocycles. The van der Waals surface area contributed by atoms with Gasteiger partial charge in [-0.05, 0) is 50.7 Å². The predicted octanol–water partition coefficient (Wildman–Crippen LogP) is 3.34. The van der Waals surface area contributed by atoms with Crippen LogP contribution in [0.25, 0.3) is 0 Å². The number of nitrogens with zero attached hydrogens (tertiary/aromatic N) is 1. The summed E-state index contributed by atoms with van der Waals surface area (Å²) in [6.07, 6.45) is 5.60. The average Bonchev–Trinajstić information content (AvgIpc) is 2.98. The molecule has 1 aromatic carbocycles. The molecule has 2 bridgehead atoms. The molecule has 0 aromatic heterocycles. The highest BCUT2D eigenvalue weighted by atomic mass is 127. The number of hydrogen-bond acceptors (Lipinski definition) is 2. The molecule has 1 aromatic rings. The number of fused-ring (bicyclic) bond motifs is 2. The molecule has 0 radical (unpaired) electrons. The highest BCUT2D eigenvalue weighted by Gasteiger charge is 2.43. The molecule has 2 heterocycles. The van der Waals surface area contributed by atoms with Crippen LogP contribution in [0.4, 0.5) is 0 Å². The van der Waals surface area contributed by atoms with Crippen LogP contribution in [0.3, 0.4) is 0 Å². The van der Waals surface area contributed by atoms with Crippen LogP contribution in [0.15, 0.2) is 29.3 Å². The van der Waals surface area contributed by atoms with Gasteiger partial charge in [0, 0.05) is 18.5 Å². The number of aliphatic imine (C=N–C) groups is 1. The van der Waals surface area contributed by atoms with Crippen molar-refractivity contribution in [3.8, 4) is 0 Å². The number of benzene rings is 1. The largest absolute Gasteiger partial charge is 0.373 e. The topological polar surface area (TPSA) is 45.7 Å². The van der Waals surface area contributed by atoms with Crippen LogP contribution in [-0.2, 0) is 4.74 Å². The molecule has 4 rings (SSSR count). The SMILES string of the molecule is CCN=C(NC1CC2CCC1O2)NC1CC1c1ccccc1C.I. The van der Waals surface area contributed by atoms with Crippen molar-refractivity contribution in [3.05, 3.63) is 35.4 Å². The first kappa shape index (κ1) is 18.0. The lowest BCUT2D eigenvalue weighted by Crippen LogP contribution is -2.48. The first-order valence-electron chi connectivity index (χ1n) is 9.03. The predicted molar refractivity (Wildman–Crippen MR) is 108 cm³/mol. The Kier molecular flexibility index (Phi) is 5.70. The smallest absolute Gasteiger partial charge is 0.191 e. The van der Waals surface area contributed by atoms with E-state index in [1.807, 2.05) is 0 Å². The lowest BCUT2D eigenvalue weighted by molar-refractivity contribution is 0.0992. The Labute approximate surface area is 161 Å². The summed E-state index contributed by atoms with van der Waals surface area (Å²) in [5.41, 5.74) is 2.87. The number of halogens is 1. The third-order valence-electron chi connectivity index (χ3n) is 5.44. The van der Waals surface area contributed by atoms with Crippen LogP contribution in [0.1, 0.15) is 49.7 Å². The van der Waals surface area contributed by atoms with E-state index in [1.54, 1.807) is 0 Å². The van der Waals surface area contributed by atoms with Crippen molar-refractivity contribution in [2.24, 2.45) is 4.99 Å². The van der Waals surface area contributed by atoms with Crippen LogP contribution >= 0.6 is 24.0 Å². The molecule has 4 nitrogen and oxygen atoms in total. The van der Waals surface area contributed by atoms with Gasteiger partial charge in [-0.3, -0.25) is 4.99 Å². The maximum Gasteiger partial charge on any atom is 0.191 e. The number of ether oxygens (including phenoxy) is 1. The molecule has 3 fully saturated rings. The van der Waals surface area contributed by atoms with E-state index in [0.717, 1.165) is 18.9 Å². The van der Waals surface area contributed by atoms with Gasteiger partial charge in [-0.1, -0.05) is 24.3 Å². The van der Waals surface area contributed by atoms with Gasteiger partial charge in [0.15, 0.2) is 5.96 Å². The van der Waals surface area contributed by atoms with Crippen molar-refractivity contribution in [2.75, 3.05) is 6.54 Å². The number of nitrogens with one attached hydrogen (secondary N) is 2. The number of guanidine groups is 1. The van der Waals surface area contributed by atoms with E-state index in [1.165, 1.54) is 30.4 Å². The monoisotopic (exact) mass is 441 g/mol. The molecule has 24 heavy (non-hydrogen) atoms. The summed E-state index contributed by atoms with van der Waals surface area (Å²) < 4.78 is 5.95. The molecular formula is C19H28IN3O. The van der Waals surface area contributed by atoms with E-state index in [4.69, 9.17) is 4.74 Å². The van der Waals surface area contributed by atoms with Crippen molar-refractivity contribution < 1.29 is 4.74 Å². The zero-order chi connectivity index (χ0) is 15.8. The van der Waals surface area contributed by atoms with Crippen LogP contribution in [0.5, 0.6) is 0 Å². The number of aryl methyl sites for hydroxylation is 1. The van der Waals surface area contributed by atoms with Crippen molar-refractivity contribution in [2.45, 2.75) is 69.7 Å². The van der Waals surface area contributed by atoms with E-state index in [9.17, 15) is 0 Å². The zero-order valence-electron chi connectivity index (χ0n) is 14.5. The Balaban J connectivity index is 0.00000169. The zero-order valence-corrected chi connectivity index (χ0v) is 16.8. The Bertz CT molecular complexity index is 606. The van der Waals surface area contributed by atoms with Gasteiger partial charge in [0.2, 0.25) is 0 Å². The summed E-state index contributed by atoms with van der Waals surface area (Å²) in [7, 11) is 0. The second-order valence-electron chi connectivity index (χ2n) is 7.13. The molecule has 1 aliphatic carbocycles. The highest BCUT2D eigenvalue weighted by Crippen LogP contribution is 2.42. The Hall–Kier alpha value is -0.820. The van der Waals surface area contributed by atoms with Gasteiger partial charge < -0.3 is 15.4 Å². The quantitative estimate of drug-likeness (QED) is 0.428. The minimum atomic E-state index is 0. The Morgan fingerprint density at radius 3 is 2.62 bits per heavy atom. The third-order valence-corrected chi connectivity index (χ3v) is 5.44. The normalized spacial score (nSPS) is 33.9. The van der Waals surface area contributed by atoms with Crippen LogP contribution in [0.2, 0.25) is 0 Å². The fraction of sp³-hybridized carbons (Fsp3) is 0.632. The standard InChI is InChI=1S/C19H27N3O.HI/c1-3-20-19(22-17-10-13-8-9-18(17)23-13)21-16-11-15(16)14-7-5-4-6-12(14)2;/h4-7,13,15-18H,3,8-11H2,1-2H3,(H2,20,21,22);1H. The van der Waals surface area contributed by atoms with Gasteiger partial charge in [0.1, 0.15) is 0 Å². The average molecular weight is 441 g/mol. The molecule has 2 aliphatic heterocycles. The van der Waals surface area contributed by atoms with Gasteiger partial charge >= 0.3 is 0 Å². The van der Waals surface area contributed by atoms with Crippen LogP contribution in [-0.4, -0.2) is 36.8 Å². The maximum atomic E-state index is 5.95. The second kappa shape index (κ2) is 7.60. The minimum absolute atomic E-state index is 0. The fourth-order valence-electron chi connectivity index (χ4n) is 4.13. The molecule has 5 atom stereocenters. The molecule has 5 heteroatoms. The van der Waals surface area contributed by atoms with Crippen LogP contribution in [0, 0.1) is 6.92 Å². The molecule has 5 unspecified atom stereocenters. The first-order chi connectivity index (χ1) is 11.2. The van der Waals surface area contributed by atoms with E-state index >= 15 is 0 Å². The minimum Gasteiger partial charge on any atom is -0.373 e. The molecule has 2 saturated heterocycles. The van der Waals surface area contributed by atoms with Crippen molar-refractivity contribution >= 4 is 29.9 Å².